The van der Waals surface area contributed by atoms with Crippen molar-refractivity contribution in [1.29, 1.82) is 0 Å². The number of fused-ring (bicyclic) bond motifs is 4. The summed E-state index contributed by atoms with van der Waals surface area (Å²) in [6, 6.07) is 68.4. The second kappa shape index (κ2) is 13.7. The zero-order valence-electron chi connectivity index (χ0n) is 34.7. The number of benzene rings is 8. The number of nitrogens with zero attached hydrogens (tertiary/aromatic N) is 1. The molecule has 0 N–H and O–H groups in total. The van der Waals surface area contributed by atoms with Crippen molar-refractivity contribution in [1.82, 2.24) is 0 Å². The zero-order chi connectivity index (χ0) is 40.0. The topological polar surface area (TPSA) is 3.24 Å². The summed E-state index contributed by atoms with van der Waals surface area (Å²) in [4.78, 5) is 2.43. The first-order valence-corrected chi connectivity index (χ1v) is 22.3. The molecule has 0 saturated heterocycles. The molecule has 60 heavy (non-hydrogen) atoms. The quantitative estimate of drug-likeness (QED) is 0.156. The van der Waals surface area contributed by atoms with E-state index in [1.807, 2.05) is 0 Å². The van der Waals surface area contributed by atoms with E-state index in [0.29, 0.717) is 5.41 Å². The van der Waals surface area contributed by atoms with Gasteiger partial charge in [0.1, 0.15) is 0 Å². The second-order valence-corrected chi connectivity index (χ2v) is 19.2. The van der Waals surface area contributed by atoms with Crippen molar-refractivity contribution in [2.24, 2.45) is 17.8 Å². The molecule has 13 rings (SSSR count). The van der Waals surface area contributed by atoms with Crippen LogP contribution < -0.4 is 4.90 Å². The highest BCUT2D eigenvalue weighted by Gasteiger charge is 2.51. The predicted octanol–water partition coefficient (Wildman–Crippen LogP) is 16.1. The van der Waals surface area contributed by atoms with Crippen molar-refractivity contribution in [3.8, 4) is 44.5 Å². The van der Waals surface area contributed by atoms with Crippen LogP contribution in [0.25, 0.3) is 55.3 Å². The summed E-state index contributed by atoms with van der Waals surface area (Å²) < 4.78 is 0. The van der Waals surface area contributed by atoms with Crippen LogP contribution in [0.1, 0.15) is 69.1 Å². The number of hydrogen-bond donors (Lipinski definition) is 0. The Morgan fingerprint density at radius 1 is 0.400 bits per heavy atom. The van der Waals surface area contributed by atoms with Crippen molar-refractivity contribution >= 4 is 27.8 Å². The molecule has 0 aromatic heterocycles. The maximum atomic E-state index is 2.50. The fourth-order valence-corrected chi connectivity index (χ4v) is 12.7. The van der Waals surface area contributed by atoms with Gasteiger partial charge in [-0.25, -0.2) is 0 Å². The first kappa shape index (κ1) is 35.7. The molecule has 0 amide bonds. The van der Waals surface area contributed by atoms with E-state index in [1.54, 1.807) is 5.56 Å². The van der Waals surface area contributed by atoms with Crippen molar-refractivity contribution in [2.45, 2.75) is 63.2 Å². The minimum atomic E-state index is -0.156. The molecule has 0 unspecified atom stereocenters. The molecule has 8 aromatic rings. The molecule has 4 saturated carbocycles. The van der Waals surface area contributed by atoms with Crippen LogP contribution in [0.4, 0.5) is 17.1 Å². The molecular formula is C59H51N. The number of rotatable bonds is 7. The minimum absolute atomic E-state index is 0.156. The first-order chi connectivity index (χ1) is 29.4. The van der Waals surface area contributed by atoms with Crippen molar-refractivity contribution in [2.75, 3.05) is 4.90 Å². The van der Waals surface area contributed by atoms with Gasteiger partial charge in [-0.3, -0.25) is 0 Å². The van der Waals surface area contributed by atoms with Gasteiger partial charge in [0.05, 0.1) is 0 Å². The Morgan fingerprint density at radius 3 is 1.58 bits per heavy atom. The number of anilines is 3. The lowest BCUT2D eigenvalue weighted by Gasteiger charge is -2.57. The van der Waals surface area contributed by atoms with E-state index < -0.39 is 0 Å². The Balaban J connectivity index is 0.892. The molecule has 8 aromatic carbocycles. The van der Waals surface area contributed by atoms with Gasteiger partial charge in [-0.2, -0.15) is 0 Å². The third kappa shape index (κ3) is 5.81. The standard InChI is InChI=1S/C59H51N/c1-58(2)56-34-47(44-15-22-48(23-16-44)59-36-39-31-40(37-59)33-41(32-39)38-59)21-29-54(56)55-30-28-51(35-57(55)58)60(49-24-17-43(18-25-49)42-9-4-3-5-10-42)50-26-19-46(20-27-50)53-14-8-12-45-11-6-7-13-52(45)53/h3-30,34-35,39-41H,31-33,36-38H2,1-2H3. The Morgan fingerprint density at radius 2 is 0.900 bits per heavy atom. The van der Waals surface area contributed by atoms with Gasteiger partial charge in [0.15, 0.2) is 0 Å². The van der Waals surface area contributed by atoms with Gasteiger partial charge in [-0.1, -0.05) is 153 Å². The van der Waals surface area contributed by atoms with Crippen LogP contribution in [0.3, 0.4) is 0 Å². The lowest BCUT2D eigenvalue weighted by Crippen LogP contribution is -2.48. The molecule has 0 atom stereocenters. The molecule has 0 spiro atoms. The summed E-state index contributed by atoms with van der Waals surface area (Å²) >= 11 is 0. The highest BCUT2D eigenvalue weighted by Crippen LogP contribution is 2.61. The van der Waals surface area contributed by atoms with Crippen LogP contribution >= 0.6 is 0 Å². The van der Waals surface area contributed by atoms with Gasteiger partial charge in [0.2, 0.25) is 0 Å². The third-order valence-electron chi connectivity index (χ3n) is 15.2. The van der Waals surface area contributed by atoms with E-state index in [1.165, 1.54) is 111 Å². The molecule has 4 fully saturated rings. The summed E-state index contributed by atoms with van der Waals surface area (Å²) in [5.41, 5.74) is 18.4. The maximum Gasteiger partial charge on any atom is 0.0465 e. The van der Waals surface area contributed by atoms with Crippen LogP contribution in [0.15, 0.2) is 182 Å². The Bertz CT molecular complexity index is 2860. The lowest BCUT2D eigenvalue weighted by atomic mass is 9.48. The molecule has 292 valence electrons. The average Bonchev–Trinajstić information content (AvgIpc) is 3.51. The average molecular weight is 774 g/mol. The van der Waals surface area contributed by atoms with Crippen molar-refractivity contribution in [3.05, 3.63) is 199 Å². The van der Waals surface area contributed by atoms with Gasteiger partial charge >= 0.3 is 0 Å². The molecule has 1 heteroatoms. The van der Waals surface area contributed by atoms with Crippen molar-refractivity contribution < 1.29 is 0 Å². The fourth-order valence-electron chi connectivity index (χ4n) is 12.7. The predicted molar refractivity (Wildman–Crippen MR) is 252 cm³/mol. The van der Waals surface area contributed by atoms with Crippen LogP contribution in [-0.2, 0) is 10.8 Å². The molecule has 5 aliphatic carbocycles. The lowest BCUT2D eigenvalue weighted by molar-refractivity contribution is -0.00518. The smallest absolute Gasteiger partial charge is 0.0465 e. The molecule has 0 radical (unpaired) electrons. The van der Waals surface area contributed by atoms with Crippen molar-refractivity contribution in [3.63, 3.8) is 0 Å². The summed E-state index contributed by atoms with van der Waals surface area (Å²) in [6.45, 7) is 4.83. The summed E-state index contributed by atoms with van der Waals surface area (Å²) in [7, 11) is 0. The fraction of sp³-hybridized carbons (Fsp3) is 0.220. The van der Waals surface area contributed by atoms with Gasteiger partial charge < -0.3 is 4.90 Å². The van der Waals surface area contributed by atoms with E-state index in [4.69, 9.17) is 0 Å². The van der Waals surface area contributed by atoms with Crippen LogP contribution in [-0.4, -0.2) is 0 Å². The van der Waals surface area contributed by atoms with E-state index >= 15 is 0 Å². The summed E-state index contributed by atoms with van der Waals surface area (Å²) in [5, 5.41) is 2.54. The molecule has 5 aliphatic rings. The van der Waals surface area contributed by atoms with Crippen LogP contribution in [0, 0.1) is 17.8 Å². The van der Waals surface area contributed by atoms with Crippen LogP contribution in [0.5, 0.6) is 0 Å². The van der Waals surface area contributed by atoms with Crippen LogP contribution in [0.2, 0.25) is 0 Å². The molecule has 0 heterocycles. The minimum Gasteiger partial charge on any atom is -0.310 e. The third-order valence-corrected chi connectivity index (χ3v) is 15.2. The summed E-state index contributed by atoms with van der Waals surface area (Å²) in [6.07, 6.45) is 8.72. The van der Waals surface area contributed by atoms with E-state index in [0.717, 1.165) is 29.1 Å². The molecule has 0 aliphatic heterocycles. The second-order valence-electron chi connectivity index (χ2n) is 19.2. The summed E-state index contributed by atoms with van der Waals surface area (Å²) in [5.74, 6) is 2.89. The van der Waals surface area contributed by atoms with E-state index in [-0.39, 0.29) is 5.41 Å². The SMILES string of the molecule is CC1(C)c2cc(-c3ccc(C45CC6CC(CC(C6)C4)C5)cc3)ccc2-c2ccc(N(c3ccc(-c4ccccc4)cc3)c3ccc(-c4cccc5ccccc45)cc3)cc21. The van der Waals surface area contributed by atoms with Gasteiger partial charge in [0.25, 0.3) is 0 Å². The monoisotopic (exact) mass is 773 g/mol. The van der Waals surface area contributed by atoms with Gasteiger partial charge in [-0.15, -0.1) is 0 Å². The van der Waals surface area contributed by atoms with E-state index in [2.05, 4.69) is 201 Å². The molecule has 4 bridgehead atoms. The number of hydrogen-bond acceptors (Lipinski definition) is 1. The van der Waals surface area contributed by atoms with E-state index in [9.17, 15) is 0 Å². The highest BCUT2D eigenvalue weighted by molar-refractivity contribution is 5.97. The van der Waals surface area contributed by atoms with Gasteiger partial charge in [0, 0.05) is 22.5 Å². The zero-order valence-corrected chi connectivity index (χ0v) is 34.7. The largest absolute Gasteiger partial charge is 0.310 e. The maximum absolute atomic E-state index is 2.50. The molecule has 1 nitrogen and oxygen atoms in total. The molecular weight excluding hydrogens is 723 g/mol. The normalized spacial score (nSPS) is 21.8. The highest BCUT2D eigenvalue weighted by atomic mass is 15.1. The van der Waals surface area contributed by atoms with Gasteiger partial charge in [-0.05, 0) is 176 Å². The Kier molecular flexibility index (Phi) is 8.15. The first-order valence-electron chi connectivity index (χ1n) is 22.3. The Labute approximate surface area is 355 Å². The Hall–Kier alpha value is -6.18.